The molecular formula is C12H17N3O5S. The molecule has 0 aliphatic carbocycles. The van der Waals surface area contributed by atoms with Gasteiger partial charge in [0.15, 0.2) is 4.90 Å². The highest BCUT2D eigenvalue weighted by Gasteiger charge is 2.35. The van der Waals surface area contributed by atoms with Gasteiger partial charge in [0.05, 0.1) is 17.6 Å². The van der Waals surface area contributed by atoms with E-state index in [0.717, 1.165) is 0 Å². The Morgan fingerprint density at radius 1 is 1.48 bits per heavy atom. The lowest BCUT2D eigenvalue weighted by atomic mass is 10.2. The number of morpholine rings is 1. The third-order valence-electron chi connectivity index (χ3n) is 3.32. The van der Waals surface area contributed by atoms with Crippen LogP contribution in [0, 0.1) is 10.1 Å². The van der Waals surface area contributed by atoms with Crippen LogP contribution in [0.3, 0.4) is 0 Å². The van der Waals surface area contributed by atoms with Crippen molar-refractivity contribution in [2.75, 3.05) is 19.7 Å². The zero-order valence-corrected chi connectivity index (χ0v) is 12.3. The van der Waals surface area contributed by atoms with E-state index in [-0.39, 0.29) is 30.6 Å². The van der Waals surface area contributed by atoms with Crippen LogP contribution < -0.4 is 5.73 Å². The van der Waals surface area contributed by atoms with Crippen molar-refractivity contribution in [3.05, 3.63) is 34.4 Å². The number of hydrogen-bond acceptors (Lipinski definition) is 6. The van der Waals surface area contributed by atoms with E-state index in [1.165, 1.54) is 28.6 Å². The Balaban J connectivity index is 2.36. The van der Waals surface area contributed by atoms with Crippen molar-refractivity contribution in [3.8, 4) is 0 Å². The van der Waals surface area contributed by atoms with Crippen molar-refractivity contribution < 1.29 is 18.1 Å². The van der Waals surface area contributed by atoms with Gasteiger partial charge in [-0.3, -0.25) is 10.1 Å². The van der Waals surface area contributed by atoms with Gasteiger partial charge in [-0.2, -0.15) is 4.31 Å². The molecule has 8 nitrogen and oxygen atoms in total. The first kappa shape index (κ1) is 15.8. The number of rotatable bonds is 4. The molecule has 9 heteroatoms. The lowest BCUT2D eigenvalue weighted by Gasteiger charge is -2.33. The molecule has 1 heterocycles. The Labute approximate surface area is 122 Å². The maximum Gasteiger partial charge on any atom is 0.289 e. The van der Waals surface area contributed by atoms with E-state index in [1.54, 1.807) is 6.92 Å². The monoisotopic (exact) mass is 315 g/mol. The van der Waals surface area contributed by atoms with E-state index in [4.69, 9.17) is 10.5 Å². The smallest absolute Gasteiger partial charge is 0.289 e. The van der Waals surface area contributed by atoms with Crippen LogP contribution in [0.5, 0.6) is 0 Å². The molecule has 0 amide bonds. The average molecular weight is 315 g/mol. The number of sulfonamides is 1. The van der Waals surface area contributed by atoms with Crippen molar-refractivity contribution >= 4 is 15.7 Å². The molecule has 116 valence electrons. The van der Waals surface area contributed by atoms with Crippen LogP contribution in [0.2, 0.25) is 0 Å². The quantitative estimate of drug-likeness (QED) is 0.632. The topological polar surface area (TPSA) is 116 Å². The summed E-state index contributed by atoms with van der Waals surface area (Å²) >= 11 is 0. The number of nitro groups is 1. The van der Waals surface area contributed by atoms with E-state index >= 15 is 0 Å². The number of nitrogens with two attached hydrogens (primary N) is 1. The van der Waals surface area contributed by atoms with Crippen LogP contribution >= 0.6 is 0 Å². The number of benzene rings is 1. The number of nitrogens with zero attached hydrogens (tertiary/aromatic N) is 2. The summed E-state index contributed by atoms with van der Waals surface area (Å²) in [5.41, 5.74) is 5.31. The maximum absolute atomic E-state index is 12.6. The highest BCUT2D eigenvalue weighted by atomic mass is 32.2. The minimum Gasteiger partial charge on any atom is -0.374 e. The van der Waals surface area contributed by atoms with Gasteiger partial charge < -0.3 is 10.5 Å². The molecule has 2 N–H and O–H groups in total. The van der Waals surface area contributed by atoms with Gasteiger partial charge in [0.1, 0.15) is 0 Å². The summed E-state index contributed by atoms with van der Waals surface area (Å²) in [6, 6.07) is 4.99. The average Bonchev–Trinajstić information content (AvgIpc) is 2.47. The molecule has 0 aromatic heterocycles. The fraction of sp³-hybridized carbons (Fsp3) is 0.500. The molecule has 0 radical (unpaired) electrons. The molecule has 1 aromatic rings. The van der Waals surface area contributed by atoms with Gasteiger partial charge in [-0.1, -0.05) is 12.1 Å². The molecule has 2 unspecified atom stereocenters. The summed E-state index contributed by atoms with van der Waals surface area (Å²) in [6.07, 6.45) is -0.420. The number of ether oxygens (including phenoxy) is 1. The Morgan fingerprint density at radius 2 is 2.14 bits per heavy atom. The Kier molecular flexibility index (Phi) is 4.57. The zero-order chi connectivity index (χ0) is 15.6. The van der Waals surface area contributed by atoms with Gasteiger partial charge in [-0.05, 0) is 13.0 Å². The van der Waals surface area contributed by atoms with Crippen molar-refractivity contribution in [2.24, 2.45) is 5.73 Å². The van der Waals surface area contributed by atoms with E-state index < -0.39 is 26.7 Å². The molecule has 1 saturated heterocycles. The molecule has 2 atom stereocenters. The Morgan fingerprint density at radius 3 is 2.76 bits per heavy atom. The molecule has 1 aromatic carbocycles. The second kappa shape index (κ2) is 6.06. The van der Waals surface area contributed by atoms with E-state index in [1.807, 2.05) is 0 Å². The molecule has 0 bridgehead atoms. The lowest BCUT2D eigenvalue weighted by Crippen LogP contribution is -2.51. The van der Waals surface area contributed by atoms with Crippen LogP contribution in [0.25, 0.3) is 0 Å². The molecule has 0 saturated carbocycles. The fourth-order valence-corrected chi connectivity index (χ4v) is 3.75. The third-order valence-corrected chi connectivity index (χ3v) is 5.23. The first-order valence-electron chi connectivity index (χ1n) is 6.45. The number of hydrogen-bond donors (Lipinski definition) is 1. The molecule has 21 heavy (non-hydrogen) atoms. The van der Waals surface area contributed by atoms with Crippen LogP contribution in [0.1, 0.15) is 6.92 Å². The van der Waals surface area contributed by atoms with Gasteiger partial charge >= 0.3 is 0 Å². The highest BCUT2D eigenvalue weighted by Crippen LogP contribution is 2.27. The predicted molar refractivity (Wildman–Crippen MR) is 75.2 cm³/mol. The molecule has 1 aliphatic rings. The molecule has 1 aliphatic heterocycles. The number of nitro benzene ring substituents is 1. The third kappa shape index (κ3) is 3.21. The van der Waals surface area contributed by atoms with E-state index in [2.05, 4.69) is 0 Å². The largest absolute Gasteiger partial charge is 0.374 e. The number of para-hydroxylation sites is 1. The first-order chi connectivity index (χ1) is 9.84. The summed E-state index contributed by atoms with van der Waals surface area (Å²) < 4.78 is 31.8. The molecular weight excluding hydrogens is 298 g/mol. The standard InChI is InChI=1S/C12H17N3O5S/c1-9(13)11-8-14(6-7-20-11)21(18,19)12-5-3-2-4-10(12)15(16)17/h2-5,9,11H,6-8,13H2,1H3. The summed E-state index contributed by atoms with van der Waals surface area (Å²) in [4.78, 5) is 10.00. The van der Waals surface area contributed by atoms with Gasteiger partial charge in [0.2, 0.25) is 10.0 Å². The summed E-state index contributed by atoms with van der Waals surface area (Å²) in [5, 5.41) is 11.0. The normalized spacial score (nSPS) is 21.9. The first-order valence-corrected chi connectivity index (χ1v) is 7.89. The van der Waals surface area contributed by atoms with Crippen molar-refractivity contribution in [1.82, 2.24) is 4.31 Å². The molecule has 2 rings (SSSR count). The summed E-state index contributed by atoms with van der Waals surface area (Å²) in [5.74, 6) is 0. The summed E-state index contributed by atoms with van der Waals surface area (Å²) in [6.45, 7) is 2.18. The Hall–Kier alpha value is -1.55. The highest BCUT2D eigenvalue weighted by molar-refractivity contribution is 7.89. The molecule has 0 spiro atoms. The molecule has 1 fully saturated rings. The van der Waals surface area contributed by atoms with Crippen LogP contribution in [-0.4, -0.2) is 49.5 Å². The van der Waals surface area contributed by atoms with Crippen LogP contribution in [0.4, 0.5) is 5.69 Å². The fourth-order valence-electron chi connectivity index (χ4n) is 2.15. The van der Waals surface area contributed by atoms with Crippen LogP contribution in [-0.2, 0) is 14.8 Å². The minimum atomic E-state index is -3.95. The minimum absolute atomic E-state index is 0.0893. The second-order valence-electron chi connectivity index (χ2n) is 4.86. The Bertz CT molecular complexity index is 632. The van der Waals surface area contributed by atoms with E-state index in [0.29, 0.717) is 0 Å². The van der Waals surface area contributed by atoms with Gasteiger partial charge in [0.25, 0.3) is 5.69 Å². The summed E-state index contributed by atoms with van der Waals surface area (Å²) in [7, 11) is -3.95. The van der Waals surface area contributed by atoms with Gasteiger partial charge in [-0.15, -0.1) is 0 Å². The lowest BCUT2D eigenvalue weighted by molar-refractivity contribution is -0.387. The van der Waals surface area contributed by atoms with Crippen molar-refractivity contribution in [2.45, 2.75) is 24.0 Å². The van der Waals surface area contributed by atoms with Crippen molar-refractivity contribution in [3.63, 3.8) is 0 Å². The van der Waals surface area contributed by atoms with Crippen molar-refractivity contribution in [1.29, 1.82) is 0 Å². The second-order valence-corrected chi connectivity index (χ2v) is 6.76. The van der Waals surface area contributed by atoms with E-state index in [9.17, 15) is 18.5 Å². The predicted octanol–water partition coefficient (Wildman–Crippen LogP) is 0.331. The van der Waals surface area contributed by atoms with Gasteiger partial charge in [0, 0.05) is 25.2 Å². The van der Waals surface area contributed by atoms with Crippen LogP contribution in [0.15, 0.2) is 29.2 Å². The van der Waals surface area contributed by atoms with Gasteiger partial charge in [-0.25, -0.2) is 8.42 Å². The SMILES string of the molecule is CC(N)C1CN(S(=O)(=O)c2ccccc2[N+](=O)[O-])CCO1. The zero-order valence-electron chi connectivity index (χ0n) is 11.5. The maximum atomic E-state index is 12.6.